The lowest BCUT2D eigenvalue weighted by Crippen LogP contribution is -2.36. The highest BCUT2D eigenvalue weighted by atomic mass is 32.2. The molecule has 0 fully saturated rings. The minimum absolute atomic E-state index is 0.0389. The molecule has 0 aliphatic carbocycles. The number of thioether (sulfide) groups is 1. The first kappa shape index (κ1) is 52.6. The maximum absolute atomic E-state index is 14.0. The number of carbonyl (C=O) groups excluding carboxylic acids is 8. The van der Waals surface area contributed by atoms with Crippen LogP contribution in [0.15, 0.2) is 30.3 Å². The number of hydrogen-bond acceptors (Lipinski definition) is 12. The van der Waals surface area contributed by atoms with Crippen molar-refractivity contribution in [2.24, 2.45) is 59.0 Å². The third kappa shape index (κ3) is 17.8. The number of hydrogen-bond donors (Lipinski definition) is 4. The van der Waals surface area contributed by atoms with Crippen LogP contribution in [0.3, 0.4) is 0 Å². The van der Waals surface area contributed by atoms with Gasteiger partial charge in [0.25, 0.3) is 0 Å². The van der Waals surface area contributed by atoms with Crippen molar-refractivity contribution in [3.05, 3.63) is 35.9 Å². The van der Waals surface area contributed by atoms with E-state index in [1.54, 1.807) is 27.7 Å². The standard InChI is InChI=1S/C45H69NO11S/c1-9-27(5)36(22-42(54)35(26(3)4)21-39(51)33(24-47)20-40(52)34(10-2)29(7)48)43(55)23-37(30(8)49)41(53)19-32(16-17-44(46)56)38(50)18-28(6)45(57)58-25-31-14-12-11-13-15-31/h11-15,26-30,32-37,47-49H,9-10,16-25H2,1-8H3,(H2,46,56). The van der Waals surface area contributed by atoms with Crippen molar-refractivity contribution in [3.63, 3.8) is 0 Å². The van der Waals surface area contributed by atoms with Gasteiger partial charge >= 0.3 is 0 Å². The second-order valence-electron chi connectivity index (χ2n) is 16.5. The monoisotopic (exact) mass is 831 g/mol. The molecular formula is C45H69NO11S. The van der Waals surface area contributed by atoms with Crippen LogP contribution in [0.25, 0.3) is 0 Å². The van der Waals surface area contributed by atoms with Gasteiger partial charge in [0.1, 0.15) is 34.7 Å². The zero-order valence-corrected chi connectivity index (χ0v) is 36.6. The maximum Gasteiger partial charge on any atom is 0.217 e. The van der Waals surface area contributed by atoms with Gasteiger partial charge in [0.2, 0.25) is 5.91 Å². The van der Waals surface area contributed by atoms with Crippen molar-refractivity contribution in [2.45, 2.75) is 138 Å². The van der Waals surface area contributed by atoms with Gasteiger partial charge < -0.3 is 21.1 Å². The van der Waals surface area contributed by atoms with Crippen molar-refractivity contribution in [2.75, 3.05) is 6.61 Å². The summed E-state index contributed by atoms with van der Waals surface area (Å²) in [5.74, 6) is -9.61. The van der Waals surface area contributed by atoms with E-state index in [0.717, 1.165) is 17.3 Å². The first-order chi connectivity index (χ1) is 27.2. The van der Waals surface area contributed by atoms with Crippen LogP contribution in [0.1, 0.15) is 125 Å². The Morgan fingerprint density at radius 3 is 1.59 bits per heavy atom. The summed E-state index contributed by atoms with van der Waals surface area (Å²) in [4.78, 5) is 106. The van der Waals surface area contributed by atoms with Gasteiger partial charge in [-0.3, -0.25) is 38.4 Å². The number of nitrogens with two attached hydrogens (primary N) is 1. The minimum Gasteiger partial charge on any atom is -0.396 e. The Labute approximate surface area is 349 Å². The van der Waals surface area contributed by atoms with Crippen molar-refractivity contribution in [1.82, 2.24) is 0 Å². The number of carbonyl (C=O) groups is 8. The van der Waals surface area contributed by atoms with Crippen LogP contribution in [0.2, 0.25) is 0 Å². The van der Waals surface area contributed by atoms with Gasteiger partial charge in [-0.1, -0.05) is 90.1 Å². The summed E-state index contributed by atoms with van der Waals surface area (Å²) in [5, 5.41) is 30.6. The molecule has 10 atom stereocenters. The van der Waals surface area contributed by atoms with Crippen LogP contribution in [0.4, 0.5) is 0 Å². The SMILES string of the molecule is CCC(C)C(CC(=O)C(CC(=O)C(CO)CC(=O)C(CC)C(C)O)C(C)C)C(=O)CC(C(=O)CC(CCC(N)=O)C(=O)CC(C)C(=O)SCc1ccccc1)C(C)O. The van der Waals surface area contributed by atoms with E-state index in [4.69, 9.17) is 5.73 Å². The number of Topliss-reactive ketones (excluding diaryl/α,β-unsaturated/α-hetero) is 6. The van der Waals surface area contributed by atoms with Crippen molar-refractivity contribution in [1.29, 1.82) is 0 Å². The van der Waals surface area contributed by atoms with E-state index in [1.807, 2.05) is 44.2 Å². The largest absolute Gasteiger partial charge is 0.396 e. The summed E-state index contributed by atoms with van der Waals surface area (Å²) >= 11 is 1.09. The minimum atomic E-state index is -1.29. The molecule has 1 rings (SSSR count). The lowest BCUT2D eigenvalue weighted by molar-refractivity contribution is -0.138. The van der Waals surface area contributed by atoms with E-state index in [1.165, 1.54) is 13.8 Å². The van der Waals surface area contributed by atoms with Crippen LogP contribution >= 0.6 is 11.8 Å². The second kappa shape index (κ2) is 26.7. The fourth-order valence-corrected chi connectivity index (χ4v) is 8.20. The van der Waals surface area contributed by atoms with Gasteiger partial charge in [-0.25, -0.2) is 0 Å². The smallest absolute Gasteiger partial charge is 0.217 e. The van der Waals surface area contributed by atoms with Crippen LogP contribution in [0.5, 0.6) is 0 Å². The Hall–Kier alpha value is -3.39. The number of ketones is 6. The Morgan fingerprint density at radius 1 is 0.603 bits per heavy atom. The molecule has 12 nitrogen and oxygen atoms in total. The second-order valence-corrected chi connectivity index (χ2v) is 17.5. The van der Waals surface area contributed by atoms with Crippen molar-refractivity contribution >= 4 is 57.5 Å². The third-order valence-electron chi connectivity index (χ3n) is 11.6. The summed E-state index contributed by atoms with van der Waals surface area (Å²) < 4.78 is 0. The molecular weight excluding hydrogens is 763 g/mol. The Balaban J connectivity index is 3.16. The fraction of sp³-hybridized carbons (Fsp3) is 0.689. The van der Waals surface area contributed by atoms with Gasteiger partial charge in [-0.05, 0) is 44.1 Å². The van der Waals surface area contributed by atoms with Crippen LogP contribution in [0, 0.1) is 53.3 Å². The first-order valence-corrected chi connectivity index (χ1v) is 21.8. The number of rotatable bonds is 31. The van der Waals surface area contributed by atoms with Gasteiger partial charge in [-0.2, -0.15) is 0 Å². The maximum atomic E-state index is 14.0. The molecule has 0 radical (unpaired) electrons. The molecule has 0 aliphatic rings. The molecule has 0 heterocycles. The van der Waals surface area contributed by atoms with Gasteiger partial charge in [-0.15, -0.1) is 0 Å². The molecule has 0 saturated carbocycles. The number of amides is 1. The number of primary amides is 1. The predicted octanol–water partition coefficient (Wildman–Crippen LogP) is 5.67. The molecule has 5 N–H and O–H groups in total. The van der Waals surface area contributed by atoms with Crippen LogP contribution in [-0.4, -0.2) is 79.9 Å². The Bertz CT molecular complexity index is 1530. The molecule has 0 saturated heterocycles. The quantitative estimate of drug-likeness (QED) is 0.0711. The first-order valence-electron chi connectivity index (χ1n) is 20.8. The summed E-state index contributed by atoms with van der Waals surface area (Å²) in [6, 6.07) is 9.39. The van der Waals surface area contributed by atoms with E-state index < -0.39 is 95.7 Å². The normalized spacial score (nSPS) is 16.8. The molecule has 1 aromatic rings. The van der Waals surface area contributed by atoms with Crippen molar-refractivity contribution < 1.29 is 53.7 Å². The molecule has 0 aliphatic heterocycles. The lowest BCUT2D eigenvalue weighted by Gasteiger charge is -2.28. The summed E-state index contributed by atoms with van der Waals surface area (Å²) in [6.45, 7) is 12.9. The third-order valence-corrected chi connectivity index (χ3v) is 12.7. The average Bonchev–Trinajstić information content (AvgIpc) is 3.16. The van der Waals surface area contributed by atoms with E-state index in [9.17, 15) is 53.7 Å². The molecule has 58 heavy (non-hydrogen) atoms. The number of aliphatic hydroxyl groups excluding tert-OH is 3. The van der Waals surface area contributed by atoms with Gasteiger partial charge in [0.15, 0.2) is 5.12 Å². The molecule has 1 amide bonds. The molecule has 0 bridgehead atoms. The highest BCUT2D eigenvalue weighted by Gasteiger charge is 2.38. The molecule has 0 aromatic heterocycles. The van der Waals surface area contributed by atoms with Crippen LogP contribution < -0.4 is 5.73 Å². The fourth-order valence-electron chi connectivity index (χ4n) is 7.33. The van der Waals surface area contributed by atoms with Crippen molar-refractivity contribution in [3.8, 4) is 0 Å². The zero-order chi connectivity index (χ0) is 44.3. The summed E-state index contributed by atoms with van der Waals surface area (Å²) in [7, 11) is 0. The topological polar surface area (TPSA) is 223 Å². The summed E-state index contributed by atoms with van der Waals surface area (Å²) in [5.41, 5.74) is 6.33. The molecule has 1 aromatic carbocycles. The lowest BCUT2D eigenvalue weighted by atomic mass is 9.74. The summed E-state index contributed by atoms with van der Waals surface area (Å²) in [6.07, 6.45) is -3.20. The highest BCUT2D eigenvalue weighted by molar-refractivity contribution is 8.13. The average molecular weight is 832 g/mol. The number of aliphatic hydroxyl groups is 3. The van der Waals surface area contributed by atoms with E-state index >= 15 is 0 Å². The Kier molecular flexibility index (Phi) is 24.2. The highest BCUT2D eigenvalue weighted by Crippen LogP contribution is 2.31. The Morgan fingerprint density at radius 2 is 1.09 bits per heavy atom. The zero-order valence-electron chi connectivity index (χ0n) is 35.8. The van der Waals surface area contributed by atoms with E-state index in [0.29, 0.717) is 18.6 Å². The molecule has 10 unspecified atom stereocenters. The molecule has 0 spiro atoms. The number of benzene rings is 1. The van der Waals surface area contributed by atoms with E-state index in [-0.39, 0.29) is 73.5 Å². The van der Waals surface area contributed by atoms with Gasteiger partial charge in [0, 0.05) is 86.2 Å². The molecule has 326 valence electrons. The van der Waals surface area contributed by atoms with E-state index in [2.05, 4.69) is 0 Å². The van der Waals surface area contributed by atoms with Gasteiger partial charge in [0.05, 0.1) is 24.7 Å². The van der Waals surface area contributed by atoms with Crippen LogP contribution in [-0.2, 0) is 44.1 Å². The molecule has 13 heteroatoms. The predicted molar refractivity (Wildman–Crippen MR) is 224 cm³/mol.